The molecule has 0 radical (unpaired) electrons. The smallest absolute Gasteiger partial charge is 0.293 e. The van der Waals surface area contributed by atoms with E-state index < -0.39 is 0 Å². The van der Waals surface area contributed by atoms with Crippen LogP contribution in [0.3, 0.4) is 0 Å². The van der Waals surface area contributed by atoms with Gasteiger partial charge in [0.1, 0.15) is 0 Å². The lowest BCUT2D eigenvalue weighted by Crippen LogP contribution is -1.83. The number of rotatable bonds is 2. The van der Waals surface area contributed by atoms with Crippen LogP contribution in [0.25, 0.3) is 0 Å². The lowest BCUT2D eigenvalue weighted by molar-refractivity contribution is 0.452. The van der Waals surface area contributed by atoms with Crippen LogP contribution in [0.15, 0.2) is 11.4 Å². The van der Waals surface area contributed by atoms with Crippen LogP contribution in [-0.2, 0) is 0 Å². The highest BCUT2D eigenvalue weighted by molar-refractivity contribution is 7.12. The van der Waals surface area contributed by atoms with Crippen LogP contribution >= 0.6 is 11.3 Å². The third-order valence-electron chi connectivity index (χ3n) is 0.890. The zero-order valence-electron chi connectivity index (χ0n) is 5.27. The highest BCUT2D eigenvalue weighted by Gasteiger charge is 2.05. The topological polar surface area (TPSA) is 66.0 Å². The van der Waals surface area contributed by atoms with Crippen LogP contribution < -0.4 is 9.47 Å². The molecule has 0 saturated carbocycles. The summed E-state index contributed by atoms with van der Waals surface area (Å²) in [5, 5.41) is 18.2. The molecule has 0 saturated heterocycles. The Morgan fingerprint density at radius 3 is 2.64 bits per heavy atom. The second kappa shape index (κ2) is 3.45. The molecule has 0 aromatic carbocycles. The molecule has 0 unspecified atom stereocenters. The molecule has 5 heteroatoms. The summed E-state index contributed by atoms with van der Waals surface area (Å²) in [4.78, 5) is 0. The van der Waals surface area contributed by atoms with Crippen molar-refractivity contribution in [1.82, 2.24) is 0 Å². The first kappa shape index (κ1) is 7.39. The summed E-state index contributed by atoms with van der Waals surface area (Å²) in [6.07, 6.45) is 2.98. The van der Waals surface area contributed by atoms with Gasteiger partial charge in [0.15, 0.2) is 5.75 Å². The molecule has 0 fully saturated rings. The van der Waals surface area contributed by atoms with Gasteiger partial charge in [-0.15, -0.1) is 21.9 Å². The van der Waals surface area contributed by atoms with E-state index in [9.17, 15) is 0 Å². The average Bonchev–Trinajstić information content (AvgIpc) is 2.39. The van der Waals surface area contributed by atoms with Gasteiger partial charge in [0, 0.05) is 0 Å². The van der Waals surface area contributed by atoms with Crippen molar-refractivity contribution in [1.29, 1.82) is 10.5 Å². The third-order valence-corrected chi connectivity index (χ3v) is 1.66. The first-order chi connectivity index (χ1) is 5.38. The summed E-state index contributed by atoms with van der Waals surface area (Å²) in [6.45, 7) is 0. The van der Waals surface area contributed by atoms with E-state index in [0.29, 0.717) is 5.06 Å². The van der Waals surface area contributed by atoms with Crippen molar-refractivity contribution in [2.24, 2.45) is 0 Å². The predicted octanol–water partition coefficient (Wildman–Crippen LogP) is 1.47. The molecular formula is C6H2N2O2S. The Morgan fingerprint density at radius 2 is 2.00 bits per heavy atom. The molecule has 1 heterocycles. The van der Waals surface area contributed by atoms with Crippen molar-refractivity contribution < 1.29 is 9.47 Å². The third kappa shape index (κ3) is 1.60. The van der Waals surface area contributed by atoms with Gasteiger partial charge in [0.05, 0.1) is 0 Å². The number of nitrogens with zero attached hydrogens (tertiary/aromatic N) is 2. The summed E-state index contributed by atoms with van der Waals surface area (Å²) in [5.74, 6) is 0.277. The molecule has 0 spiro atoms. The Balaban J connectivity index is 2.82. The first-order valence-electron chi connectivity index (χ1n) is 2.58. The van der Waals surface area contributed by atoms with Gasteiger partial charge in [-0.05, 0) is 11.4 Å². The van der Waals surface area contributed by atoms with Crippen molar-refractivity contribution in [3.63, 3.8) is 0 Å². The van der Waals surface area contributed by atoms with Gasteiger partial charge in [-0.3, -0.25) is 0 Å². The fraction of sp³-hybridized carbons (Fsp3) is 0. The van der Waals surface area contributed by atoms with Crippen LogP contribution in [0.1, 0.15) is 0 Å². The summed E-state index contributed by atoms with van der Waals surface area (Å²) in [7, 11) is 0. The number of hydrogen-bond donors (Lipinski definition) is 0. The van der Waals surface area contributed by atoms with Gasteiger partial charge in [0.25, 0.3) is 12.5 Å². The Morgan fingerprint density at radius 1 is 1.27 bits per heavy atom. The van der Waals surface area contributed by atoms with E-state index >= 15 is 0 Å². The van der Waals surface area contributed by atoms with Crippen LogP contribution in [0.2, 0.25) is 0 Å². The van der Waals surface area contributed by atoms with Gasteiger partial charge in [-0.25, -0.2) is 0 Å². The maximum atomic E-state index is 8.13. The molecule has 0 bridgehead atoms. The molecular weight excluding hydrogens is 164 g/mol. The highest BCUT2D eigenvalue weighted by Crippen LogP contribution is 2.32. The lowest BCUT2D eigenvalue weighted by atomic mass is 10.6. The Hall–Kier alpha value is -1.72. The van der Waals surface area contributed by atoms with Gasteiger partial charge in [-0.2, -0.15) is 0 Å². The zero-order valence-corrected chi connectivity index (χ0v) is 6.09. The molecule has 1 aromatic rings. The minimum Gasteiger partial charge on any atom is -0.383 e. The maximum absolute atomic E-state index is 8.13. The molecule has 0 aliphatic rings. The SMILES string of the molecule is N#COc1ccsc1OC#N. The van der Waals surface area contributed by atoms with E-state index in [1.165, 1.54) is 23.8 Å². The summed E-state index contributed by atoms with van der Waals surface area (Å²) >= 11 is 1.19. The van der Waals surface area contributed by atoms with Crippen molar-refractivity contribution in [3.8, 4) is 23.3 Å². The van der Waals surface area contributed by atoms with Crippen LogP contribution in [0.4, 0.5) is 0 Å². The molecule has 0 aliphatic carbocycles. The fourth-order valence-electron chi connectivity index (χ4n) is 0.524. The number of ether oxygens (including phenoxy) is 2. The normalized spacial score (nSPS) is 7.82. The highest BCUT2D eigenvalue weighted by atomic mass is 32.1. The molecule has 4 nitrogen and oxygen atoms in total. The standard InChI is InChI=1S/C6H2N2O2S/c7-3-9-5-1-2-11-6(5)10-4-8/h1-2H. The first-order valence-corrected chi connectivity index (χ1v) is 3.46. The molecule has 0 N–H and O–H groups in total. The fourth-order valence-corrected chi connectivity index (χ4v) is 1.15. The lowest BCUT2D eigenvalue weighted by Gasteiger charge is -1.91. The number of thiophene rings is 1. The second-order valence-corrected chi connectivity index (χ2v) is 2.34. The summed E-state index contributed by atoms with van der Waals surface area (Å²) in [5.41, 5.74) is 0. The Labute approximate surface area is 66.8 Å². The van der Waals surface area contributed by atoms with Crippen LogP contribution in [0, 0.1) is 23.0 Å². The van der Waals surface area contributed by atoms with E-state index in [1.807, 2.05) is 0 Å². The van der Waals surface area contributed by atoms with Gasteiger partial charge in [-0.1, -0.05) is 0 Å². The molecule has 0 atom stereocenters. The maximum Gasteiger partial charge on any atom is 0.293 e. The minimum absolute atomic E-state index is 0.277. The molecule has 0 amide bonds. The summed E-state index contributed by atoms with van der Waals surface area (Å²) < 4.78 is 8.95. The molecule has 11 heavy (non-hydrogen) atoms. The molecule has 1 rings (SSSR count). The second-order valence-electron chi connectivity index (χ2n) is 1.46. The Kier molecular flexibility index (Phi) is 2.32. The van der Waals surface area contributed by atoms with E-state index in [-0.39, 0.29) is 5.75 Å². The van der Waals surface area contributed by atoms with Crippen molar-refractivity contribution in [3.05, 3.63) is 11.4 Å². The van der Waals surface area contributed by atoms with Crippen LogP contribution in [-0.4, -0.2) is 0 Å². The molecule has 1 aromatic heterocycles. The quantitative estimate of drug-likeness (QED) is 0.624. The van der Waals surface area contributed by atoms with E-state index in [2.05, 4.69) is 9.47 Å². The average molecular weight is 166 g/mol. The Bertz CT molecular complexity index is 290. The van der Waals surface area contributed by atoms with E-state index in [0.717, 1.165) is 0 Å². The van der Waals surface area contributed by atoms with Gasteiger partial charge in [0.2, 0.25) is 5.06 Å². The number of nitriles is 2. The van der Waals surface area contributed by atoms with Crippen molar-refractivity contribution >= 4 is 11.3 Å². The zero-order chi connectivity index (χ0) is 8.10. The molecule has 0 aliphatic heterocycles. The summed E-state index contributed by atoms with van der Waals surface area (Å²) in [6, 6.07) is 1.56. The van der Waals surface area contributed by atoms with Crippen molar-refractivity contribution in [2.45, 2.75) is 0 Å². The van der Waals surface area contributed by atoms with E-state index in [4.69, 9.17) is 10.5 Å². The van der Waals surface area contributed by atoms with Crippen LogP contribution in [0.5, 0.6) is 10.8 Å². The molecule has 54 valence electrons. The number of hydrogen-bond acceptors (Lipinski definition) is 5. The monoisotopic (exact) mass is 166 g/mol. The largest absolute Gasteiger partial charge is 0.383 e. The predicted molar refractivity (Wildman–Crippen MR) is 36.8 cm³/mol. The van der Waals surface area contributed by atoms with Gasteiger partial charge >= 0.3 is 0 Å². The van der Waals surface area contributed by atoms with E-state index in [1.54, 1.807) is 11.4 Å². The minimum atomic E-state index is 0.277. The van der Waals surface area contributed by atoms with Gasteiger partial charge < -0.3 is 9.47 Å². The van der Waals surface area contributed by atoms with Crippen molar-refractivity contribution in [2.75, 3.05) is 0 Å².